The van der Waals surface area contributed by atoms with Crippen LogP contribution in [0.25, 0.3) is 11.1 Å². The van der Waals surface area contributed by atoms with Crippen molar-refractivity contribution in [1.29, 1.82) is 0 Å². The van der Waals surface area contributed by atoms with Gasteiger partial charge >= 0.3 is 17.9 Å². The molecule has 0 bridgehead atoms. The number of esters is 3. The van der Waals surface area contributed by atoms with Crippen molar-refractivity contribution in [2.45, 2.75) is 20.8 Å². The molecule has 0 heterocycles. The monoisotopic (exact) mass is 448 g/mol. The van der Waals surface area contributed by atoms with Crippen LogP contribution in [-0.4, -0.2) is 37.7 Å². The van der Waals surface area contributed by atoms with E-state index in [9.17, 15) is 14.4 Å². The Morgan fingerprint density at radius 2 is 1.25 bits per heavy atom. The first-order valence-electron chi connectivity index (χ1n) is 8.88. The first kappa shape index (κ1) is 21.6. The molecule has 6 nitrogen and oxygen atoms in total. The van der Waals surface area contributed by atoms with E-state index in [0.29, 0.717) is 21.2 Å². The Labute approximate surface area is 171 Å². The average molecular weight is 449 g/mol. The first-order valence-corrected chi connectivity index (χ1v) is 9.67. The van der Waals surface area contributed by atoms with Gasteiger partial charge in [-0.2, -0.15) is 0 Å². The second-order valence-electron chi connectivity index (χ2n) is 5.62. The van der Waals surface area contributed by atoms with Gasteiger partial charge in [0.2, 0.25) is 0 Å². The molecule has 0 unspecified atom stereocenters. The standard InChI is InChI=1S/C21H21BrO6/c1-4-26-19(23)14-9-7-13(8-10-14)15-12-18(22)17(21(25)28-6-3)11-16(15)20(24)27-5-2/h7-12H,4-6H2,1-3H3. The minimum absolute atomic E-state index is 0.199. The fourth-order valence-corrected chi connectivity index (χ4v) is 3.06. The molecule has 0 amide bonds. The summed E-state index contributed by atoms with van der Waals surface area (Å²) >= 11 is 3.37. The molecular formula is C21H21BrO6. The van der Waals surface area contributed by atoms with E-state index < -0.39 is 17.9 Å². The van der Waals surface area contributed by atoms with E-state index in [1.54, 1.807) is 51.1 Å². The molecule has 0 N–H and O–H groups in total. The van der Waals surface area contributed by atoms with Crippen molar-refractivity contribution in [2.75, 3.05) is 19.8 Å². The SMILES string of the molecule is CCOC(=O)c1ccc(-c2cc(Br)c(C(=O)OCC)cc2C(=O)OCC)cc1. The maximum absolute atomic E-state index is 12.5. The molecule has 2 rings (SSSR count). The molecule has 0 aliphatic heterocycles. The summed E-state index contributed by atoms with van der Waals surface area (Å²) in [6.45, 7) is 5.85. The predicted octanol–water partition coefficient (Wildman–Crippen LogP) is 4.65. The highest BCUT2D eigenvalue weighted by atomic mass is 79.9. The Morgan fingerprint density at radius 3 is 1.79 bits per heavy atom. The lowest BCUT2D eigenvalue weighted by atomic mass is 9.96. The maximum atomic E-state index is 12.5. The zero-order valence-corrected chi connectivity index (χ0v) is 17.5. The topological polar surface area (TPSA) is 78.9 Å². The number of hydrogen-bond acceptors (Lipinski definition) is 6. The first-order chi connectivity index (χ1) is 13.4. The lowest BCUT2D eigenvalue weighted by Gasteiger charge is -2.13. The Morgan fingerprint density at radius 1 is 0.750 bits per heavy atom. The summed E-state index contributed by atoms with van der Waals surface area (Å²) in [6.07, 6.45) is 0. The minimum Gasteiger partial charge on any atom is -0.462 e. The number of halogens is 1. The van der Waals surface area contributed by atoms with Crippen LogP contribution in [0, 0.1) is 0 Å². The van der Waals surface area contributed by atoms with Gasteiger partial charge in [-0.3, -0.25) is 0 Å². The summed E-state index contributed by atoms with van der Waals surface area (Å²) in [6, 6.07) is 9.78. The lowest BCUT2D eigenvalue weighted by Crippen LogP contribution is -2.11. The molecule has 0 spiro atoms. The van der Waals surface area contributed by atoms with Crippen LogP contribution in [0.5, 0.6) is 0 Å². The lowest BCUT2D eigenvalue weighted by molar-refractivity contribution is 0.0512. The third kappa shape index (κ3) is 4.98. The van der Waals surface area contributed by atoms with E-state index in [2.05, 4.69) is 15.9 Å². The summed E-state index contributed by atoms with van der Waals surface area (Å²) < 4.78 is 15.6. The van der Waals surface area contributed by atoms with E-state index in [1.807, 2.05) is 0 Å². The summed E-state index contributed by atoms with van der Waals surface area (Å²) in [5.74, 6) is -1.51. The van der Waals surface area contributed by atoms with Gasteiger partial charge < -0.3 is 14.2 Å². The van der Waals surface area contributed by atoms with Crippen LogP contribution in [0.4, 0.5) is 0 Å². The largest absolute Gasteiger partial charge is 0.462 e. The van der Waals surface area contributed by atoms with Gasteiger partial charge in [-0.25, -0.2) is 14.4 Å². The van der Waals surface area contributed by atoms with Crippen LogP contribution in [0.2, 0.25) is 0 Å². The highest BCUT2D eigenvalue weighted by Gasteiger charge is 2.21. The van der Waals surface area contributed by atoms with Crippen LogP contribution >= 0.6 is 15.9 Å². The van der Waals surface area contributed by atoms with Gasteiger partial charge in [0, 0.05) is 4.47 Å². The Hall–Kier alpha value is -2.67. The molecule has 2 aromatic rings. The van der Waals surface area contributed by atoms with Gasteiger partial charge in [0.05, 0.1) is 36.5 Å². The van der Waals surface area contributed by atoms with Crippen LogP contribution in [0.15, 0.2) is 40.9 Å². The van der Waals surface area contributed by atoms with Gasteiger partial charge in [0.1, 0.15) is 0 Å². The third-order valence-electron chi connectivity index (χ3n) is 3.80. The van der Waals surface area contributed by atoms with Crippen molar-refractivity contribution >= 4 is 33.8 Å². The molecule has 28 heavy (non-hydrogen) atoms. The summed E-state index contributed by atoms with van der Waals surface area (Å²) in [7, 11) is 0. The van der Waals surface area contributed by atoms with Gasteiger partial charge in [0.15, 0.2) is 0 Å². The zero-order chi connectivity index (χ0) is 20.7. The second kappa shape index (κ2) is 10.0. The third-order valence-corrected chi connectivity index (χ3v) is 4.46. The molecule has 0 saturated heterocycles. The number of benzene rings is 2. The van der Waals surface area contributed by atoms with E-state index >= 15 is 0 Å². The number of carbonyl (C=O) groups excluding carboxylic acids is 3. The highest BCUT2D eigenvalue weighted by Crippen LogP contribution is 2.31. The summed E-state index contributed by atoms with van der Waals surface area (Å²) in [5.41, 5.74) is 2.13. The molecule has 0 aliphatic rings. The van der Waals surface area contributed by atoms with Crippen molar-refractivity contribution in [3.05, 3.63) is 57.6 Å². The van der Waals surface area contributed by atoms with Crippen LogP contribution in [0.1, 0.15) is 51.8 Å². The van der Waals surface area contributed by atoms with Crippen molar-refractivity contribution in [2.24, 2.45) is 0 Å². The fourth-order valence-electron chi connectivity index (χ4n) is 2.56. The molecule has 0 atom stereocenters. The number of rotatable bonds is 7. The van der Waals surface area contributed by atoms with E-state index in [0.717, 1.165) is 0 Å². The average Bonchev–Trinajstić information content (AvgIpc) is 2.68. The molecule has 0 aromatic heterocycles. The molecule has 0 fully saturated rings. The molecule has 7 heteroatoms. The zero-order valence-electron chi connectivity index (χ0n) is 15.9. The Kier molecular flexibility index (Phi) is 7.75. The summed E-state index contributed by atoms with van der Waals surface area (Å²) in [4.78, 5) is 36.5. The Balaban J connectivity index is 2.52. The molecule has 0 saturated carbocycles. The number of carbonyl (C=O) groups is 3. The smallest absolute Gasteiger partial charge is 0.339 e. The Bertz CT molecular complexity index is 873. The van der Waals surface area contributed by atoms with E-state index in [-0.39, 0.29) is 30.9 Å². The highest BCUT2D eigenvalue weighted by molar-refractivity contribution is 9.10. The molecular weight excluding hydrogens is 428 g/mol. The van der Waals surface area contributed by atoms with Crippen molar-refractivity contribution < 1.29 is 28.6 Å². The van der Waals surface area contributed by atoms with Crippen LogP contribution in [-0.2, 0) is 14.2 Å². The molecule has 0 aliphatic carbocycles. The van der Waals surface area contributed by atoms with Crippen molar-refractivity contribution in [1.82, 2.24) is 0 Å². The quantitative estimate of drug-likeness (QED) is 0.453. The second-order valence-corrected chi connectivity index (χ2v) is 6.47. The predicted molar refractivity (Wildman–Crippen MR) is 107 cm³/mol. The number of ether oxygens (including phenoxy) is 3. The molecule has 0 radical (unpaired) electrons. The summed E-state index contributed by atoms with van der Waals surface area (Å²) in [5, 5.41) is 0. The molecule has 2 aromatic carbocycles. The minimum atomic E-state index is -0.551. The van der Waals surface area contributed by atoms with Crippen LogP contribution < -0.4 is 0 Å². The van der Waals surface area contributed by atoms with Crippen molar-refractivity contribution in [3.8, 4) is 11.1 Å². The van der Waals surface area contributed by atoms with Gasteiger partial charge in [-0.15, -0.1) is 0 Å². The van der Waals surface area contributed by atoms with E-state index in [4.69, 9.17) is 14.2 Å². The van der Waals surface area contributed by atoms with Crippen LogP contribution in [0.3, 0.4) is 0 Å². The number of hydrogen-bond donors (Lipinski definition) is 0. The molecule has 148 valence electrons. The van der Waals surface area contributed by atoms with E-state index in [1.165, 1.54) is 6.07 Å². The normalized spacial score (nSPS) is 10.3. The maximum Gasteiger partial charge on any atom is 0.339 e. The van der Waals surface area contributed by atoms with Crippen molar-refractivity contribution in [3.63, 3.8) is 0 Å². The fraction of sp³-hybridized carbons (Fsp3) is 0.286. The van der Waals surface area contributed by atoms with Gasteiger partial charge in [-0.1, -0.05) is 12.1 Å². The van der Waals surface area contributed by atoms with Gasteiger partial charge in [0.25, 0.3) is 0 Å². The van der Waals surface area contributed by atoms with Gasteiger partial charge in [-0.05, 0) is 72.1 Å².